The van der Waals surface area contributed by atoms with E-state index in [1.165, 1.54) is 4.90 Å². The quantitative estimate of drug-likeness (QED) is 0.130. The van der Waals surface area contributed by atoms with Crippen LogP contribution in [0.1, 0.15) is 54.4 Å². The van der Waals surface area contributed by atoms with Crippen molar-refractivity contribution in [1.82, 2.24) is 31.1 Å². The number of amides is 3. The number of ether oxygens (including phenoxy) is 2. The zero-order valence-corrected chi connectivity index (χ0v) is 34.5. The van der Waals surface area contributed by atoms with Crippen molar-refractivity contribution in [3.63, 3.8) is 0 Å². The SMILES string of the molecule is CNCCC[C@@H]1NC(=O)[C@@H](NC)Cc2cc(ccc2OCc2ccccc2)-c2ccc(OCc3ccccc3)c(c2)C[C@@H](C(=O)NCC2CCCCN2C)N(C)C1=O. The number of carbonyl (C=O) groups is 3. The molecule has 2 aliphatic rings. The topological polar surface area (TPSA) is 124 Å². The van der Waals surface area contributed by atoms with Gasteiger partial charge in [0.25, 0.3) is 0 Å². The summed E-state index contributed by atoms with van der Waals surface area (Å²) in [6.07, 6.45) is 4.83. The molecular weight excluding hydrogens is 729 g/mol. The van der Waals surface area contributed by atoms with Gasteiger partial charge in [0.05, 0.1) is 6.04 Å². The summed E-state index contributed by atoms with van der Waals surface area (Å²) in [6, 6.07) is 29.9. The normalized spacial score (nSPS) is 20.4. The molecule has 1 saturated heterocycles. The number of likely N-dealkylation sites (N-methyl/N-ethyl adjacent to an activating group) is 3. The van der Waals surface area contributed by atoms with Crippen LogP contribution in [0.15, 0.2) is 97.1 Å². The maximum absolute atomic E-state index is 14.7. The van der Waals surface area contributed by atoms with E-state index in [9.17, 15) is 14.4 Å². The molecule has 6 rings (SSSR count). The molecule has 4 N–H and O–H groups in total. The smallest absolute Gasteiger partial charge is 0.245 e. The Bertz CT molecular complexity index is 1960. The third-order valence-electron chi connectivity index (χ3n) is 11.5. The number of fused-ring (bicyclic) bond motifs is 5. The zero-order chi connectivity index (χ0) is 40.9. The van der Waals surface area contributed by atoms with Gasteiger partial charge in [-0.2, -0.15) is 0 Å². The van der Waals surface area contributed by atoms with Crippen LogP contribution in [0.25, 0.3) is 11.1 Å². The highest BCUT2D eigenvalue weighted by molar-refractivity contribution is 5.93. The Morgan fingerprint density at radius 1 is 0.793 bits per heavy atom. The van der Waals surface area contributed by atoms with E-state index >= 15 is 0 Å². The fourth-order valence-corrected chi connectivity index (χ4v) is 7.90. The fraction of sp³-hybridized carbons (Fsp3) is 0.426. The molecule has 0 radical (unpaired) electrons. The molecule has 1 unspecified atom stereocenters. The van der Waals surface area contributed by atoms with Gasteiger partial charge >= 0.3 is 0 Å². The lowest BCUT2D eigenvalue weighted by Crippen LogP contribution is -2.58. The molecule has 0 aliphatic carbocycles. The van der Waals surface area contributed by atoms with Gasteiger partial charge in [-0.05, 0) is 118 Å². The van der Waals surface area contributed by atoms with Gasteiger partial charge in [0.1, 0.15) is 36.8 Å². The molecule has 0 spiro atoms. The second kappa shape index (κ2) is 21.0. The van der Waals surface area contributed by atoms with Crippen LogP contribution in [0.3, 0.4) is 0 Å². The van der Waals surface area contributed by atoms with E-state index in [0.29, 0.717) is 57.1 Å². The third kappa shape index (κ3) is 11.2. The number of nitrogens with zero attached hydrogens (tertiary/aromatic N) is 2. The molecule has 11 nitrogen and oxygen atoms in total. The highest BCUT2D eigenvalue weighted by Gasteiger charge is 2.35. The average molecular weight is 789 g/mol. The lowest BCUT2D eigenvalue weighted by Gasteiger charge is -2.35. The second-order valence-corrected chi connectivity index (χ2v) is 15.6. The van der Waals surface area contributed by atoms with E-state index in [1.807, 2.05) is 92.0 Å². The molecular formula is C47H60N6O5. The Hall–Kier alpha value is -5.23. The van der Waals surface area contributed by atoms with Crippen LogP contribution >= 0.6 is 0 Å². The van der Waals surface area contributed by atoms with Crippen molar-refractivity contribution in [2.24, 2.45) is 0 Å². The summed E-state index contributed by atoms with van der Waals surface area (Å²) in [5.74, 6) is 0.453. The molecule has 4 aromatic carbocycles. The van der Waals surface area contributed by atoms with Crippen molar-refractivity contribution in [2.45, 2.75) is 82.3 Å². The Balaban J connectivity index is 1.42. The number of benzene rings is 4. The molecule has 0 saturated carbocycles. The largest absolute Gasteiger partial charge is 0.489 e. The second-order valence-electron chi connectivity index (χ2n) is 15.6. The fourth-order valence-electron chi connectivity index (χ4n) is 7.90. The van der Waals surface area contributed by atoms with Crippen LogP contribution in [0.2, 0.25) is 0 Å². The molecule has 308 valence electrons. The molecule has 3 amide bonds. The van der Waals surface area contributed by atoms with Gasteiger partial charge in [-0.1, -0.05) is 79.2 Å². The van der Waals surface area contributed by atoms with Gasteiger partial charge in [0.2, 0.25) is 17.7 Å². The number of carbonyl (C=O) groups excluding carboxylic acids is 3. The van der Waals surface area contributed by atoms with Crippen molar-refractivity contribution in [1.29, 1.82) is 0 Å². The predicted molar refractivity (Wildman–Crippen MR) is 229 cm³/mol. The van der Waals surface area contributed by atoms with Gasteiger partial charge in [0, 0.05) is 32.5 Å². The van der Waals surface area contributed by atoms with E-state index < -0.39 is 18.1 Å². The van der Waals surface area contributed by atoms with Crippen LogP contribution in [-0.4, -0.2) is 99.5 Å². The minimum atomic E-state index is -0.881. The molecule has 2 heterocycles. The predicted octanol–water partition coefficient (Wildman–Crippen LogP) is 5.11. The van der Waals surface area contributed by atoms with E-state index in [1.54, 1.807) is 14.1 Å². The summed E-state index contributed by atoms with van der Waals surface area (Å²) in [6.45, 7) is 2.85. The van der Waals surface area contributed by atoms with Crippen molar-refractivity contribution < 1.29 is 23.9 Å². The van der Waals surface area contributed by atoms with Crippen LogP contribution in [0, 0.1) is 0 Å². The Morgan fingerprint density at radius 2 is 1.40 bits per heavy atom. The molecule has 2 aliphatic heterocycles. The first-order valence-electron chi connectivity index (χ1n) is 20.7. The van der Waals surface area contributed by atoms with E-state index in [-0.39, 0.29) is 30.2 Å². The molecule has 0 aromatic heterocycles. The maximum Gasteiger partial charge on any atom is 0.245 e. The first-order valence-corrected chi connectivity index (χ1v) is 20.7. The molecule has 1 fully saturated rings. The third-order valence-corrected chi connectivity index (χ3v) is 11.5. The minimum Gasteiger partial charge on any atom is -0.489 e. The monoisotopic (exact) mass is 788 g/mol. The van der Waals surface area contributed by atoms with Crippen molar-refractivity contribution in [3.05, 3.63) is 119 Å². The number of likely N-dealkylation sites (tertiary alicyclic amines) is 1. The van der Waals surface area contributed by atoms with E-state index in [4.69, 9.17) is 9.47 Å². The highest BCUT2D eigenvalue weighted by atomic mass is 16.5. The van der Waals surface area contributed by atoms with Gasteiger partial charge < -0.3 is 40.5 Å². The molecule has 4 atom stereocenters. The van der Waals surface area contributed by atoms with Gasteiger partial charge in [-0.3, -0.25) is 14.4 Å². The number of hydrogen-bond donors (Lipinski definition) is 4. The molecule has 4 bridgehead atoms. The van der Waals surface area contributed by atoms with Crippen molar-refractivity contribution in [2.75, 3.05) is 47.8 Å². The van der Waals surface area contributed by atoms with Crippen LogP contribution in [0.4, 0.5) is 0 Å². The summed E-state index contributed by atoms with van der Waals surface area (Å²) in [7, 11) is 7.39. The number of hydrogen-bond acceptors (Lipinski definition) is 8. The summed E-state index contributed by atoms with van der Waals surface area (Å²) in [5.41, 5.74) is 5.55. The van der Waals surface area contributed by atoms with Crippen molar-refractivity contribution in [3.8, 4) is 22.6 Å². The van der Waals surface area contributed by atoms with Gasteiger partial charge in [-0.25, -0.2) is 0 Å². The van der Waals surface area contributed by atoms with Crippen molar-refractivity contribution >= 4 is 17.7 Å². The molecule has 11 heteroatoms. The van der Waals surface area contributed by atoms with Gasteiger partial charge in [-0.15, -0.1) is 0 Å². The molecule has 4 aromatic rings. The average Bonchev–Trinajstić information content (AvgIpc) is 3.25. The first-order chi connectivity index (χ1) is 28.2. The zero-order valence-electron chi connectivity index (χ0n) is 34.5. The first kappa shape index (κ1) is 42.4. The number of piperidine rings is 1. The lowest BCUT2D eigenvalue weighted by molar-refractivity contribution is -0.142. The Kier molecular flexibility index (Phi) is 15.3. The van der Waals surface area contributed by atoms with E-state index in [2.05, 4.69) is 45.3 Å². The highest BCUT2D eigenvalue weighted by Crippen LogP contribution is 2.33. The number of nitrogens with one attached hydrogen (secondary N) is 4. The Labute approximate surface area is 343 Å². The minimum absolute atomic E-state index is 0.202. The van der Waals surface area contributed by atoms with Crippen LogP contribution < -0.4 is 30.7 Å². The summed E-state index contributed by atoms with van der Waals surface area (Å²) in [4.78, 5) is 47.1. The Morgan fingerprint density at radius 3 is 1.97 bits per heavy atom. The summed E-state index contributed by atoms with van der Waals surface area (Å²) < 4.78 is 12.9. The summed E-state index contributed by atoms with van der Waals surface area (Å²) in [5, 5.41) is 12.7. The van der Waals surface area contributed by atoms with E-state index in [0.717, 1.165) is 59.2 Å². The standard InChI is InChI=1S/C47H60N6O5/c1-48-24-13-19-40-47(56)53(4)42(46(55)50-30-39-18-11-12-25-52(39)3)29-38-27-36(21-23-44(38)58-32-34-16-9-6-10-17-34)35-20-22-43(57-31-33-14-7-5-8-15-33)37(26-35)28-41(49-2)45(54)51-40/h5-10,14-17,20-23,26-27,39-42,48-49H,11-13,18-19,24-25,28-32H2,1-4H3,(H,50,55)(H,51,54)/t39?,40-,41-,42-/m0/s1. The summed E-state index contributed by atoms with van der Waals surface area (Å²) >= 11 is 0. The van der Waals surface area contributed by atoms with Crippen LogP contribution in [0.5, 0.6) is 11.5 Å². The van der Waals surface area contributed by atoms with Crippen LogP contribution in [-0.2, 0) is 40.4 Å². The lowest BCUT2D eigenvalue weighted by atomic mass is 9.95. The molecule has 58 heavy (non-hydrogen) atoms. The number of rotatable bonds is 14. The van der Waals surface area contributed by atoms with Gasteiger partial charge in [0.15, 0.2) is 0 Å². The maximum atomic E-state index is 14.7.